The molecule has 0 unspecified atom stereocenters. The van der Waals surface area contributed by atoms with E-state index in [-0.39, 0.29) is 29.7 Å². The highest BCUT2D eigenvalue weighted by Gasteiger charge is 2.71. The molecule has 3 aliphatic heterocycles. The quantitative estimate of drug-likeness (QED) is 0.721. The maximum atomic E-state index is 12.6. The van der Waals surface area contributed by atoms with E-state index < -0.39 is 16.6 Å². The van der Waals surface area contributed by atoms with E-state index in [1.807, 2.05) is 26.0 Å². The maximum absolute atomic E-state index is 12.6. The highest BCUT2D eigenvalue weighted by Crippen LogP contribution is 2.62. The zero-order valence-electron chi connectivity index (χ0n) is 17.1. The Morgan fingerprint density at radius 3 is 2.55 bits per heavy atom. The Morgan fingerprint density at radius 2 is 1.97 bits per heavy atom. The molecular formula is C21H23ClN4O5. The first-order valence-corrected chi connectivity index (χ1v) is 9.97. The molecule has 2 spiro atoms. The number of halogens is 1. The molecule has 10 heteroatoms. The molecule has 1 aromatic heterocycles. The molecule has 0 saturated carbocycles. The summed E-state index contributed by atoms with van der Waals surface area (Å²) in [5, 5.41) is 3.34. The number of pyridine rings is 1. The van der Waals surface area contributed by atoms with Crippen molar-refractivity contribution in [3.63, 3.8) is 0 Å². The molecule has 5 N–H and O–H groups in total. The van der Waals surface area contributed by atoms with Crippen LogP contribution in [-0.4, -0.2) is 47.8 Å². The second kappa shape index (κ2) is 7.08. The van der Waals surface area contributed by atoms with Gasteiger partial charge in [-0.05, 0) is 44.2 Å². The number of fused-ring (bicyclic) bond motifs is 3. The van der Waals surface area contributed by atoms with Gasteiger partial charge in [0.1, 0.15) is 29.2 Å². The first-order chi connectivity index (χ1) is 14.3. The summed E-state index contributed by atoms with van der Waals surface area (Å²) in [5.74, 6) is 0.340. The molecular weight excluding hydrogens is 424 g/mol. The number of nitrogens with two attached hydrogens (primary N) is 1. The van der Waals surface area contributed by atoms with Crippen molar-refractivity contribution in [1.82, 2.24) is 4.98 Å². The Kier molecular flexibility index (Phi) is 4.88. The van der Waals surface area contributed by atoms with E-state index in [0.29, 0.717) is 29.7 Å². The molecule has 0 aliphatic carbocycles. The Labute approximate surface area is 183 Å². The number of carbonyl (C=O) groups excluding carboxylic acids is 1. The number of anilines is 1. The van der Waals surface area contributed by atoms with Gasteiger partial charge in [0.25, 0.3) is 11.9 Å². The Bertz CT molecular complexity index is 1070. The summed E-state index contributed by atoms with van der Waals surface area (Å²) in [7, 11) is 0. The smallest absolute Gasteiger partial charge is 0.283 e. The summed E-state index contributed by atoms with van der Waals surface area (Å²) in [5.41, 5.74) is 5.88. The van der Waals surface area contributed by atoms with Crippen molar-refractivity contribution in [1.29, 1.82) is 0 Å². The molecule has 2 aromatic rings. The molecule has 164 valence electrons. The molecule has 0 radical (unpaired) electrons. The molecule has 0 bridgehead atoms. The number of benzene rings is 1. The largest absolute Gasteiger partial charge is 0.487 e. The van der Waals surface area contributed by atoms with Gasteiger partial charge >= 0.3 is 0 Å². The van der Waals surface area contributed by atoms with Crippen LogP contribution in [0.3, 0.4) is 0 Å². The molecule has 1 atom stereocenters. The molecule has 1 saturated heterocycles. The van der Waals surface area contributed by atoms with Gasteiger partial charge in [0, 0.05) is 17.4 Å². The summed E-state index contributed by atoms with van der Waals surface area (Å²) in [6.07, 6.45) is 1.43. The van der Waals surface area contributed by atoms with E-state index in [4.69, 9.17) is 36.5 Å². The lowest BCUT2D eigenvalue weighted by atomic mass is 9.55. The van der Waals surface area contributed by atoms with Gasteiger partial charge in [-0.25, -0.2) is 9.98 Å². The molecule has 1 amide bonds. The van der Waals surface area contributed by atoms with Gasteiger partial charge in [-0.15, -0.1) is 0 Å². The van der Waals surface area contributed by atoms with Gasteiger partial charge in [0.15, 0.2) is 0 Å². The van der Waals surface area contributed by atoms with Crippen molar-refractivity contribution in [3.8, 4) is 5.75 Å². The van der Waals surface area contributed by atoms with Crippen molar-refractivity contribution < 1.29 is 24.5 Å². The minimum atomic E-state index is -0.758. The van der Waals surface area contributed by atoms with E-state index in [1.165, 1.54) is 6.20 Å². The fourth-order valence-electron chi connectivity index (χ4n) is 4.56. The lowest BCUT2D eigenvalue weighted by Crippen LogP contribution is -2.71. The Hall–Kier alpha value is -2.88. The first kappa shape index (κ1) is 21.4. The van der Waals surface area contributed by atoms with Gasteiger partial charge < -0.3 is 30.7 Å². The van der Waals surface area contributed by atoms with Gasteiger partial charge in [-0.1, -0.05) is 11.6 Å². The topological polar surface area (TPSA) is 140 Å². The third-order valence-electron chi connectivity index (χ3n) is 6.38. The summed E-state index contributed by atoms with van der Waals surface area (Å²) in [6.45, 7) is 5.31. The SMILES string of the molecule is CC1(C)Oc2ccc(NC(=O)c3ccc(Cl)cn3)cc2[C@@]2(COC(N)=N2)C12COC2.O. The fourth-order valence-corrected chi connectivity index (χ4v) is 4.67. The van der Waals surface area contributed by atoms with Crippen LogP contribution in [0.15, 0.2) is 41.5 Å². The van der Waals surface area contributed by atoms with Crippen LogP contribution >= 0.6 is 11.6 Å². The van der Waals surface area contributed by atoms with E-state index in [9.17, 15) is 4.79 Å². The number of nitrogens with one attached hydrogen (secondary N) is 1. The number of carbonyl (C=O) groups is 1. The maximum Gasteiger partial charge on any atom is 0.283 e. The fraction of sp³-hybridized carbons (Fsp3) is 0.381. The van der Waals surface area contributed by atoms with Gasteiger partial charge in [0.2, 0.25) is 0 Å². The summed E-state index contributed by atoms with van der Waals surface area (Å²) in [6, 6.07) is 8.82. The predicted octanol–water partition coefficient (Wildman–Crippen LogP) is 1.89. The second-order valence-corrected chi connectivity index (χ2v) is 8.75. The lowest BCUT2D eigenvalue weighted by molar-refractivity contribution is -0.247. The van der Waals surface area contributed by atoms with E-state index in [1.54, 1.807) is 18.2 Å². The number of aliphatic imine (C=N–C) groups is 1. The van der Waals surface area contributed by atoms with Crippen LogP contribution in [0.4, 0.5) is 5.69 Å². The summed E-state index contributed by atoms with van der Waals surface area (Å²) in [4.78, 5) is 21.4. The number of rotatable bonds is 2. The zero-order valence-corrected chi connectivity index (χ0v) is 17.8. The third kappa shape index (κ3) is 2.95. The van der Waals surface area contributed by atoms with Gasteiger partial charge in [-0.3, -0.25) is 4.79 Å². The molecule has 31 heavy (non-hydrogen) atoms. The zero-order chi connectivity index (χ0) is 21.1. The van der Waals surface area contributed by atoms with Crippen LogP contribution in [0.1, 0.15) is 29.9 Å². The summed E-state index contributed by atoms with van der Waals surface area (Å²) >= 11 is 5.85. The van der Waals surface area contributed by atoms with Gasteiger partial charge in [0.05, 0.1) is 23.7 Å². The second-order valence-electron chi connectivity index (χ2n) is 8.31. The van der Waals surface area contributed by atoms with E-state index >= 15 is 0 Å². The average molecular weight is 447 g/mol. The number of nitrogens with zero attached hydrogens (tertiary/aromatic N) is 2. The standard InChI is InChI=1S/C21H21ClN4O4.H2O/c1-19(2)20(9-28-10-20)21(11-29-18(23)26-21)14-7-13(4-6-16(14)30-19)25-17(27)15-5-3-12(22)8-24-15;/h3-8H,9-11H2,1-2H3,(H2,23,26)(H,25,27);1H2/t21-;/m0./s1. The predicted molar refractivity (Wildman–Crippen MR) is 114 cm³/mol. The normalized spacial score (nSPS) is 24.2. The number of amides is 1. The molecule has 1 aromatic carbocycles. The monoisotopic (exact) mass is 446 g/mol. The Morgan fingerprint density at radius 1 is 1.19 bits per heavy atom. The van der Waals surface area contributed by atoms with Crippen LogP contribution in [-0.2, 0) is 15.0 Å². The van der Waals surface area contributed by atoms with Crippen molar-refractivity contribution >= 4 is 29.2 Å². The molecule has 9 nitrogen and oxygen atoms in total. The van der Waals surface area contributed by atoms with Crippen molar-refractivity contribution in [3.05, 3.63) is 52.8 Å². The highest BCUT2D eigenvalue weighted by atomic mass is 35.5. The van der Waals surface area contributed by atoms with Crippen LogP contribution in [0.5, 0.6) is 5.75 Å². The van der Waals surface area contributed by atoms with Crippen molar-refractivity contribution in [2.75, 3.05) is 25.1 Å². The van der Waals surface area contributed by atoms with E-state index in [0.717, 1.165) is 5.56 Å². The molecule has 5 rings (SSSR count). The number of hydrogen-bond acceptors (Lipinski definition) is 7. The minimum absolute atomic E-state index is 0. The van der Waals surface area contributed by atoms with Gasteiger partial charge in [-0.2, -0.15) is 0 Å². The molecule has 3 aliphatic rings. The van der Waals surface area contributed by atoms with Crippen LogP contribution in [0.2, 0.25) is 5.02 Å². The third-order valence-corrected chi connectivity index (χ3v) is 6.60. The summed E-state index contributed by atoms with van der Waals surface area (Å²) < 4.78 is 17.6. The Balaban J connectivity index is 0.00000231. The van der Waals surface area contributed by atoms with E-state index in [2.05, 4.69) is 10.3 Å². The number of aromatic nitrogens is 1. The van der Waals surface area contributed by atoms with Crippen LogP contribution in [0.25, 0.3) is 0 Å². The lowest BCUT2D eigenvalue weighted by Gasteiger charge is -2.61. The number of hydrogen-bond donors (Lipinski definition) is 2. The number of ether oxygens (including phenoxy) is 3. The highest BCUT2D eigenvalue weighted by molar-refractivity contribution is 6.30. The average Bonchev–Trinajstić information content (AvgIpc) is 3.03. The van der Waals surface area contributed by atoms with Crippen molar-refractivity contribution in [2.45, 2.75) is 25.0 Å². The molecule has 4 heterocycles. The van der Waals surface area contributed by atoms with Crippen LogP contribution in [0, 0.1) is 5.41 Å². The first-order valence-electron chi connectivity index (χ1n) is 9.59. The van der Waals surface area contributed by atoms with Crippen molar-refractivity contribution in [2.24, 2.45) is 16.1 Å². The molecule has 1 fully saturated rings. The minimum Gasteiger partial charge on any atom is -0.487 e. The number of amidine groups is 1. The van der Waals surface area contributed by atoms with Crippen LogP contribution < -0.4 is 15.8 Å².